The highest BCUT2D eigenvalue weighted by molar-refractivity contribution is 5.96. The van der Waals surface area contributed by atoms with Gasteiger partial charge in [-0.25, -0.2) is 0 Å². The minimum Gasteiger partial charge on any atom is -0.493 e. The largest absolute Gasteiger partial charge is 0.493 e. The highest BCUT2D eigenvalue weighted by atomic mass is 16.5. The fourth-order valence-corrected chi connectivity index (χ4v) is 5.00. The van der Waals surface area contributed by atoms with Gasteiger partial charge in [-0.05, 0) is 54.9 Å². The second kappa shape index (κ2) is 9.91. The lowest BCUT2D eigenvalue weighted by Gasteiger charge is -2.38. The first-order valence-electron chi connectivity index (χ1n) is 11.9. The van der Waals surface area contributed by atoms with Gasteiger partial charge in [-0.2, -0.15) is 0 Å². The summed E-state index contributed by atoms with van der Waals surface area (Å²) in [7, 11) is 4.08. The van der Waals surface area contributed by atoms with Crippen LogP contribution >= 0.6 is 0 Å². The van der Waals surface area contributed by atoms with E-state index in [4.69, 9.17) is 4.74 Å². The molecule has 1 fully saturated rings. The minimum absolute atomic E-state index is 0.00996. The Labute approximate surface area is 201 Å². The molecule has 1 saturated heterocycles. The molecular formula is C27H31N5O2. The van der Waals surface area contributed by atoms with Crippen molar-refractivity contribution in [2.45, 2.75) is 12.5 Å². The zero-order valence-corrected chi connectivity index (χ0v) is 19.9. The van der Waals surface area contributed by atoms with Crippen LogP contribution in [0, 0.1) is 0 Å². The summed E-state index contributed by atoms with van der Waals surface area (Å²) < 4.78 is 5.95. The second-order valence-corrected chi connectivity index (χ2v) is 9.16. The third-order valence-electron chi connectivity index (χ3n) is 6.68. The highest BCUT2D eigenvalue weighted by Gasteiger charge is 2.35. The maximum Gasteiger partial charge on any atom is 0.259 e. The number of rotatable bonds is 7. The number of carbonyl (C=O) groups excluding carboxylic acids is 1. The van der Waals surface area contributed by atoms with Crippen LogP contribution in [0.2, 0.25) is 0 Å². The van der Waals surface area contributed by atoms with Gasteiger partial charge in [0.05, 0.1) is 18.2 Å². The highest BCUT2D eigenvalue weighted by Crippen LogP contribution is 2.46. The Balaban J connectivity index is 1.27. The van der Waals surface area contributed by atoms with E-state index in [0.717, 1.165) is 26.1 Å². The number of ether oxygens (including phenoxy) is 1. The molecule has 0 bridgehead atoms. The second-order valence-electron chi connectivity index (χ2n) is 9.16. The first-order valence-corrected chi connectivity index (χ1v) is 11.9. The van der Waals surface area contributed by atoms with E-state index in [-0.39, 0.29) is 11.9 Å². The molecule has 176 valence electrons. The Kier molecular flexibility index (Phi) is 6.56. The van der Waals surface area contributed by atoms with Gasteiger partial charge in [0.15, 0.2) is 0 Å². The average molecular weight is 458 g/mol. The van der Waals surface area contributed by atoms with Crippen molar-refractivity contribution < 1.29 is 9.53 Å². The van der Waals surface area contributed by atoms with Gasteiger partial charge in [0, 0.05) is 57.5 Å². The molecule has 34 heavy (non-hydrogen) atoms. The molecule has 3 aromatic rings. The first kappa shape index (κ1) is 22.5. The quantitative estimate of drug-likeness (QED) is 0.507. The standard InChI is InChI=1S/C27H31N5O2/c1-30(2)12-5-17-34-25-9-11-29-19-24(25)27(33)32-15-13-31(14-16-32)26-22-7-4-3-6-20(22)21-8-10-28-18-23(21)26/h3-4,6-11,18-19,26H,5,12-17H2,1-2H3. The third kappa shape index (κ3) is 4.41. The number of fused-ring (bicyclic) bond motifs is 3. The molecule has 0 N–H and O–H groups in total. The SMILES string of the molecule is CN(C)CCCOc1ccncc1C(=O)N1CCN(C2c3ccccc3-c3ccncc32)CC1. The zero-order valence-electron chi connectivity index (χ0n) is 19.9. The van der Waals surface area contributed by atoms with Crippen LogP contribution in [0.4, 0.5) is 0 Å². The number of aromatic nitrogens is 2. The number of nitrogens with zero attached hydrogens (tertiary/aromatic N) is 5. The summed E-state index contributed by atoms with van der Waals surface area (Å²) in [4.78, 5) is 28.5. The molecule has 0 radical (unpaired) electrons. The Morgan fingerprint density at radius 2 is 1.71 bits per heavy atom. The van der Waals surface area contributed by atoms with E-state index in [1.165, 1.54) is 22.3 Å². The molecule has 3 heterocycles. The van der Waals surface area contributed by atoms with Gasteiger partial charge in [0.2, 0.25) is 0 Å². The lowest BCUT2D eigenvalue weighted by atomic mass is 10.0. The number of hydrogen-bond acceptors (Lipinski definition) is 6. The van der Waals surface area contributed by atoms with Crippen molar-refractivity contribution in [1.82, 2.24) is 24.7 Å². The molecule has 7 nitrogen and oxygen atoms in total. The summed E-state index contributed by atoms with van der Waals surface area (Å²) in [6.07, 6.45) is 8.07. The minimum atomic E-state index is -0.00996. The average Bonchev–Trinajstić information content (AvgIpc) is 3.21. The van der Waals surface area contributed by atoms with Gasteiger partial charge in [0.1, 0.15) is 5.75 Å². The maximum absolute atomic E-state index is 13.4. The van der Waals surface area contributed by atoms with Crippen molar-refractivity contribution in [3.8, 4) is 16.9 Å². The van der Waals surface area contributed by atoms with Crippen molar-refractivity contribution in [2.75, 3.05) is 53.4 Å². The molecule has 1 aromatic carbocycles. The predicted molar refractivity (Wildman–Crippen MR) is 132 cm³/mol. The first-order chi connectivity index (χ1) is 16.6. The molecular weight excluding hydrogens is 426 g/mol. The molecule has 1 atom stereocenters. The molecule has 1 amide bonds. The Hall–Kier alpha value is -3.29. The van der Waals surface area contributed by atoms with E-state index in [1.807, 2.05) is 31.4 Å². The van der Waals surface area contributed by atoms with Crippen LogP contribution in [-0.2, 0) is 0 Å². The number of piperazine rings is 1. The van der Waals surface area contributed by atoms with Crippen molar-refractivity contribution in [1.29, 1.82) is 0 Å². The summed E-state index contributed by atoms with van der Waals surface area (Å²) in [5.41, 5.74) is 5.67. The number of hydrogen-bond donors (Lipinski definition) is 0. The van der Waals surface area contributed by atoms with Crippen molar-refractivity contribution in [3.63, 3.8) is 0 Å². The number of amides is 1. The van der Waals surface area contributed by atoms with Crippen molar-refractivity contribution in [3.05, 3.63) is 77.9 Å². The molecule has 7 heteroatoms. The van der Waals surface area contributed by atoms with E-state index >= 15 is 0 Å². The van der Waals surface area contributed by atoms with Crippen LogP contribution in [0.1, 0.15) is 33.9 Å². The number of benzene rings is 1. The van der Waals surface area contributed by atoms with Gasteiger partial charge in [-0.1, -0.05) is 24.3 Å². The molecule has 1 aliphatic heterocycles. The van der Waals surface area contributed by atoms with E-state index in [9.17, 15) is 4.79 Å². The van der Waals surface area contributed by atoms with Gasteiger partial charge < -0.3 is 14.5 Å². The van der Waals surface area contributed by atoms with E-state index in [1.54, 1.807) is 18.5 Å². The topological polar surface area (TPSA) is 61.8 Å². The van der Waals surface area contributed by atoms with Crippen LogP contribution in [0.3, 0.4) is 0 Å². The zero-order chi connectivity index (χ0) is 23.5. The summed E-state index contributed by atoms with van der Waals surface area (Å²) in [5.74, 6) is 0.607. The van der Waals surface area contributed by atoms with E-state index in [0.29, 0.717) is 31.0 Å². The third-order valence-corrected chi connectivity index (χ3v) is 6.68. The maximum atomic E-state index is 13.4. The Bertz CT molecular complexity index is 1110. The van der Waals surface area contributed by atoms with Crippen LogP contribution in [0.25, 0.3) is 11.1 Å². The normalized spacial score (nSPS) is 17.5. The van der Waals surface area contributed by atoms with Gasteiger partial charge in [-0.15, -0.1) is 0 Å². The van der Waals surface area contributed by atoms with E-state index in [2.05, 4.69) is 50.1 Å². The Morgan fingerprint density at radius 1 is 0.971 bits per heavy atom. The van der Waals surface area contributed by atoms with Crippen LogP contribution < -0.4 is 4.74 Å². The molecule has 5 rings (SSSR count). The number of pyridine rings is 2. The fourth-order valence-electron chi connectivity index (χ4n) is 5.00. The van der Waals surface area contributed by atoms with Crippen LogP contribution in [0.15, 0.2) is 61.2 Å². The monoisotopic (exact) mass is 457 g/mol. The molecule has 0 spiro atoms. The number of carbonyl (C=O) groups is 1. The Morgan fingerprint density at radius 3 is 2.53 bits per heavy atom. The molecule has 0 saturated carbocycles. The predicted octanol–water partition coefficient (Wildman–Crippen LogP) is 3.33. The smallest absolute Gasteiger partial charge is 0.259 e. The van der Waals surface area contributed by atoms with Crippen molar-refractivity contribution in [2.24, 2.45) is 0 Å². The van der Waals surface area contributed by atoms with Gasteiger partial charge in [-0.3, -0.25) is 19.7 Å². The summed E-state index contributed by atoms with van der Waals surface area (Å²) in [5, 5.41) is 0. The fraction of sp³-hybridized carbons (Fsp3) is 0.370. The lowest BCUT2D eigenvalue weighted by Crippen LogP contribution is -2.49. The molecule has 2 aromatic heterocycles. The molecule has 2 aliphatic rings. The van der Waals surface area contributed by atoms with Gasteiger partial charge in [0.25, 0.3) is 5.91 Å². The van der Waals surface area contributed by atoms with E-state index < -0.39 is 0 Å². The molecule has 1 unspecified atom stereocenters. The van der Waals surface area contributed by atoms with Crippen LogP contribution in [0.5, 0.6) is 5.75 Å². The summed E-state index contributed by atoms with van der Waals surface area (Å²) in [6, 6.07) is 12.7. The summed E-state index contributed by atoms with van der Waals surface area (Å²) >= 11 is 0. The van der Waals surface area contributed by atoms with Crippen molar-refractivity contribution >= 4 is 5.91 Å². The van der Waals surface area contributed by atoms with Crippen LogP contribution in [-0.4, -0.2) is 84.0 Å². The van der Waals surface area contributed by atoms with Gasteiger partial charge >= 0.3 is 0 Å². The molecule has 1 aliphatic carbocycles. The lowest BCUT2D eigenvalue weighted by molar-refractivity contribution is 0.0595. The summed E-state index contributed by atoms with van der Waals surface area (Å²) in [6.45, 7) is 4.46.